The topological polar surface area (TPSA) is 37.3 Å². The van der Waals surface area contributed by atoms with E-state index < -0.39 is 5.97 Å². The molecule has 0 fully saturated rings. The molecule has 1 aliphatic rings. The van der Waals surface area contributed by atoms with Crippen LogP contribution in [0.5, 0.6) is 0 Å². The molecule has 3 heteroatoms. The smallest absolute Gasteiger partial charge is 0.336 e. The predicted octanol–water partition coefficient (Wildman–Crippen LogP) is 2.10. The summed E-state index contributed by atoms with van der Waals surface area (Å²) in [6.45, 7) is 0. The van der Waals surface area contributed by atoms with Crippen LogP contribution in [-0.4, -0.2) is 11.1 Å². The molecule has 1 N–H and O–H groups in total. The lowest BCUT2D eigenvalue weighted by Gasteiger charge is -2.04. The molecule has 0 bridgehead atoms. The number of rotatable bonds is 1. The highest BCUT2D eigenvalue weighted by Crippen LogP contribution is 2.27. The Morgan fingerprint density at radius 1 is 1.42 bits per heavy atom. The van der Waals surface area contributed by atoms with Crippen molar-refractivity contribution in [2.45, 2.75) is 12.8 Å². The monoisotopic (exact) mass is 180 g/mol. The van der Waals surface area contributed by atoms with Crippen LogP contribution in [0.2, 0.25) is 0 Å². The standard InChI is InChI=1S/C9H8O2S/c10-9(11)7-5-12-8-4-2-1-3-6(7)8/h1-2,5H,3-4H2,(H,10,11). The molecule has 1 aromatic rings. The number of carboxylic acids is 1. The van der Waals surface area contributed by atoms with Crippen molar-refractivity contribution < 1.29 is 9.90 Å². The average Bonchev–Trinajstić information content (AvgIpc) is 2.47. The molecule has 0 amide bonds. The highest BCUT2D eigenvalue weighted by molar-refractivity contribution is 7.10. The minimum Gasteiger partial charge on any atom is -0.478 e. The summed E-state index contributed by atoms with van der Waals surface area (Å²) >= 11 is 1.55. The van der Waals surface area contributed by atoms with E-state index >= 15 is 0 Å². The van der Waals surface area contributed by atoms with E-state index in [9.17, 15) is 4.79 Å². The van der Waals surface area contributed by atoms with E-state index in [-0.39, 0.29) is 0 Å². The number of hydrogen-bond donors (Lipinski definition) is 1. The number of hydrogen-bond acceptors (Lipinski definition) is 2. The average molecular weight is 180 g/mol. The third-order valence-electron chi connectivity index (χ3n) is 2.00. The molecule has 0 saturated heterocycles. The second-order valence-corrected chi connectivity index (χ2v) is 3.70. The maximum atomic E-state index is 10.7. The Balaban J connectivity index is 2.48. The Morgan fingerprint density at radius 3 is 2.92 bits per heavy atom. The molecule has 0 aliphatic heterocycles. The lowest BCUT2D eigenvalue weighted by atomic mass is 10.0. The van der Waals surface area contributed by atoms with E-state index in [0.29, 0.717) is 5.56 Å². The first kappa shape index (κ1) is 7.55. The molecule has 2 rings (SSSR count). The molecule has 0 unspecified atom stereocenters. The van der Waals surface area contributed by atoms with Gasteiger partial charge in [-0.1, -0.05) is 12.2 Å². The van der Waals surface area contributed by atoms with Crippen LogP contribution in [0.15, 0.2) is 17.5 Å². The summed E-state index contributed by atoms with van der Waals surface area (Å²) in [6.07, 6.45) is 5.79. The second kappa shape index (κ2) is 2.75. The Bertz CT molecular complexity index is 349. The summed E-state index contributed by atoms with van der Waals surface area (Å²) in [6, 6.07) is 0. The molecule has 0 spiro atoms. The zero-order chi connectivity index (χ0) is 8.55. The van der Waals surface area contributed by atoms with Crippen molar-refractivity contribution in [1.82, 2.24) is 0 Å². The van der Waals surface area contributed by atoms with Gasteiger partial charge in [0.15, 0.2) is 0 Å². The van der Waals surface area contributed by atoms with Crippen molar-refractivity contribution in [2.24, 2.45) is 0 Å². The van der Waals surface area contributed by atoms with E-state index in [1.165, 1.54) is 4.88 Å². The van der Waals surface area contributed by atoms with E-state index in [1.807, 2.05) is 6.08 Å². The van der Waals surface area contributed by atoms with Gasteiger partial charge in [0.25, 0.3) is 0 Å². The third kappa shape index (κ3) is 1.06. The number of thiophene rings is 1. The van der Waals surface area contributed by atoms with Crippen LogP contribution in [0.3, 0.4) is 0 Å². The van der Waals surface area contributed by atoms with E-state index in [1.54, 1.807) is 16.7 Å². The molecule has 1 heterocycles. The Morgan fingerprint density at radius 2 is 2.17 bits per heavy atom. The van der Waals surface area contributed by atoms with Crippen molar-refractivity contribution in [3.05, 3.63) is 33.5 Å². The van der Waals surface area contributed by atoms with Gasteiger partial charge in [-0.25, -0.2) is 4.79 Å². The van der Waals surface area contributed by atoms with Crippen molar-refractivity contribution in [3.63, 3.8) is 0 Å². The molecule has 0 radical (unpaired) electrons. The van der Waals surface area contributed by atoms with Gasteiger partial charge in [-0.05, 0) is 12.0 Å². The molecule has 1 aromatic heterocycles. The molecule has 0 saturated carbocycles. The lowest BCUT2D eigenvalue weighted by molar-refractivity contribution is 0.0696. The normalized spacial score (nSPS) is 14.3. The SMILES string of the molecule is O=C(O)c1csc2c1CC=CC2. The first-order valence-corrected chi connectivity index (χ1v) is 4.64. The maximum Gasteiger partial charge on any atom is 0.336 e. The van der Waals surface area contributed by atoms with Gasteiger partial charge in [0.2, 0.25) is 0 Å². The first-order chi connectivity index (χ1) is 5.79. The van der Waals surface area contributed by atoms with Gasteiger partial charge in [0.05, 0.1) is 5.56 Å². The fourth-order valence-electron chi connectivity index (χ4n) is 1.39. The van der Waals surface area contributed by atoms with E-state index in [2.05, 4.69) is 6.08 Å². The summed E-state index contributed by atoms with van der Waals surface area (Å²) in [4.78, 5) is 11.9. The van der Waals surface area contributed by atoms with Gasteiger partial charge < -0.3 is 5.11 Å². The number of fused-ring (bicyclic) bond motifs is 1. The molecule has 0 aromatic carbocycles. The van der Waals surface area contributed by atoms with Crippen molar-refractivity contribution in [2.75, 3.05) is 0 Å². The van der Waals surface area contributed by atoms with Gasteiger partial charge in [-0.2, -0.15) is 0 Å². The van der Waals surface area contributed by atoms with E-state index in [4.69, 9.17) is 5.11 Å². The fourth-order valence-corrected chi connectivity index (χ4v) is 2.42. The van der Waals surface area contributed by atoms with Crippen LogP contribution >= 0.6 is 11.3 Å². The molecule has 12 heavy (non-hydrogen) atoms. The van der Waals surface area contributed by atoms with Gasteiger partial charge in [-0.15, -0.1) is 11.3 Å². The number of aromatic carboxylic acids is 1. The molecule has 2 nitrogen and oxygen atoms in total. The largest absolute Gasteiger partial charge is 0.478 e. The highest BCUT2D eigenvalue weighted by Gasteiger charge is 2.16. The number of carbonyl (C=O) groups is 1. The highest BCUT2D eigenvalue weighted by atomic mass is 32.1. The molecular weight excluding hydrogens is 172 g/mol. The van der Waals surface area contributed by atoms with Gasteiger partial charge in [0.1, 0.15) is 0 Å². The first-order valence-electron chi connectivity index (χ1n) is 3.76. The Hall–Kier alpha value is -1.09. The van der Waals surface area contributed by atoms with E-state index in [0.717, 1.165) is 18.4 Å². The van der Waals surface area contributed by atoms with Crippen LogP contribution in [0.1, 0.15) is 20.8 Å². The molecule has 1 aliphatic carbocycles. The zero-order valence-electron chi connectivity index (χ0n) is 6.41. The molecule has 62 valence electrons. The Labute approximate surface area is 74.2 Å². The van der Waals surface area contributed by atoms with Crippen LogP contribution in [0.4, 0.5) is 0 Å². The van der Waals surface area contributed by atoms with Crippen LogP contribution in [0, 0.1) is 0 Å². The summed E-state index contributed by atoms with van der Waals surface area (Å²) < 4.78 is 0. The third-order valence-corrected chi connectivity index (χ3v) is 3.05. The fraction of sp³-hybridized carbons (Fsp3) is 0.222. The minimum atomic E-state index is -0.803. The van der Waals surface area contributed by atoms with Crippen LogP contribution in [-0.2, 0) is 12.8 Å². The van der Waals surface area contributed by atoms with Crippen molar-refractivity contribution in [1.29, 1.82) is 0 Å². The van der Waals surface area contributed by atoms with Crippen LogP contribution in [0.25, 0.3) is 0 Å². The summed E-state index contributed by atoms with van der Waals surface area (Å²) in [7, 11) is 0. The summed E-state index contributed by atoms with van der Waals surface area (Å²) in [5, 5.41) is 10.5. The van der Waals surface area contributed by atoms with Gasteiger partial charge >= 0.3 is 5.97 Å². The van der Waals surface area contributed by atoms with Gasteiger partial charge in [0, 0.05) is 16.7 Å². The maximum absolute atomic E-state index is 10.7. The summed E-state index contributed by atoms with van der Waals surface area (Å²) in [5.74, 6) is -0.803. The lowest BCUT2D eigenvalue weighted by Crippen LogP contribution is -2.01. The van der Waals surface area contributed by atoms with Gasteiger partial charge in [-0.3, -0.25) is 0 Å². The number of carboxylic acid groups (broad SMARTS) is 1. The predicted molar refractivity (Wildman–Crippen MR) is 47.8 cm³/mol. The second-order valence-electron chi connectivity index (χ2n) is 2.74. The zero-order valence-corrected chi connectivity index (χ0v) is 7.23. The molecule has 0 atom stereocenters. The minimum absolute atomic E-state index is 0.486. The summed E-state index contributed by atoms with van der Waals surface area (Å²) in [5.41, 5.74) is 1.49. The number of allylic oxidation sites excluding steroid dienone is 2. The quantitative estimate of drug-likeness (QED) is 0.672. The Kier molecular flexibility index (Phi) is 1.73. The molecular formula is C9H8O2S. The van der Waals surface area contributed by atoms with Crippen LogP contribution < -0.4 is 0 Å². The van der Waals surface area contributed by atoms with Crippen molar-refractivity contribution in [3.8, 4) is 0 Å². The van der Waals surface area contributed by atoms with Crippen molar-refractivity contribution >= 4 is 17.3 Å².